The molecule has 0 saturated heterocycles. The number of aliphatic imine (C=N–C) groups is 1. The lowest BCUT2D eigenvalue weighted by Gasteiger charge is -2.14. The number of fused-ring (bicyclic) bond motifs is 3. The smallest absolute Gasteiger partial charge is 0.334 e. The lowest BCUT2D eigenvalue weighted by Crippen LogP contribution is -2.09. The van der Waals surface area contributed by atoms with Crippen LogP contribution in [0.3, 0.4) is 0 Å². The highest BCUT2D eigenvalue weighted by Gasteiger charge is 2.30. The molecule has 0 radical (unpaired) electrons. The number of benzene rings is 2. The van der Waals surface area contributed by atoms with Crippen LogP contribution in [0.15, 0.2) is 65.3 Å². The molecule has 0 bridgehead atoms. The summed E-state index contributed by atoms with van der Waals surface area (Å²) in [7, 11) is 0. The van der Waals surface area contributed by atoms with E-state index >= 15 is 0 Å². The minimum Gasteiger partial charge on any atom is -0.334 e. The Kier molecular flexibility index (Phi) is 3.30. The third-order valence-electron chi connectivity index (χ3n) is 4.07. The first-order chi connectivity index (χ1) is 11.5. The number of nitrogens with zero attached hydrogens (tertiary/aromatic N) is 2. The van der Waals surface area contributed by atoms with Crippen LogP contribution in [0.2, 0.25) is 0 Å². The van der Waals surface area contributed by atoms with E-state index < -0.39 is 11.7 Å². The molecule has 120 valence electrons. The number of aromatic nitrogens is 1. The minimum atomic E-state index is -4.34. The summed E-state index contributed by atoms with van der Waals surface area (Å²) in [6.45, 7) is 0.537. The molecule has 2 aromatic carbocycles. The van der Waals surface area contributed by atoms with Crippen LogP contribution in [0, 0.1) is 0 Å². The molecule has 0 atom stereocenters. The van der Waals surface area contributed by atoms with Crippen LogP contribution in [-0.4, -0.2) is 10.8 Å². The summed E-state index contributed by atoms with van der Waals surface area (Å²) >= 11 is 0. The predicted octanol–water partition coefficient (Wildman–Crippen LogP) is 5.13. The molecule has 0 saturated carbocycles. The first kappa shape index (κ1) is 14.8. The molecule has 0 N–H and O–H groups in total. The van der Waals surface area contributed by atoms with Crippen molar-refractivity contribution in [2.75, 3.05) is 0 Å². The van der Waals surface area contributed by atoms with E-state index in [1.807, 2.05) is 24.3 Å². The lowest BCUT2D eigenvalue weighted by atomic mass is 10.1. The second-order valence-corrected chi connectivity index (χ2v) is 5.73. The normalized spacial score (nSPS) is 15.9. The van der Waals surface area contributed by atoms with E-state index in [0.717, 1.165) is 34.4 Å². The van der Waals surface area contributed by atoms with Gasteiger partial charge < -0.3 is 4.57 Å². The Balaban J connectivity index is 1.71. The van der Waals surface area contributed by atoms with E-state index in [1.165, 1.54) is 6.07 Å². The summed E-state index contributed by atoms with van der Waals surface area (Å²) in [6, 6.07) is 15.3. The highest BCUT2D eigenvalue weighted by atomic mass is 19.4. The monoisotopic (exact) mass is 326 g/mol. The fourth-order valence-electron chi connectivity index (χ4n) is 2.95. The topological polar surface area (TPSA) is 17.3 Å². The van der Waals surface area contributed by atoms with Crippen LogP contribution in [0.1, 0.15) is 16.8 Å². The number of allylic oxidation sites excluding steroid dienone is 1. The first-order valence-corrected chi connectivity index (χ1v) is 7.51. The standard InChI is InChI=1S/C19H13F3N2/c20-19(21,22)15-6-3-4-13(8-15)9-16-12-24-17(11-23-16)10-14-5-1-2-7-18(14)24/h1-11H,12H2/b16-9-. The van der Waals surface area contributed by atoms with Gasteiger partial charge in [-0.25, -0.2) is 0 Å². The zero-order chi connectivity index (χ0) is 16.7. The van der Waals surface area contributed by atoms with Gasteiger partial charge in [-0.2, -0.15) is 13.2 Å². The van der Waals surface area contributed by atoms with E-state index in [1.54, 1.807) is 18.4 Å². The first-order valence-electron chi connectivity index (χ1n) is 7.51. The van der Waals surface area contributed by atoms with E-state index in [9.17, 15) is 13.2 Å². The molecule has 3 aromatic rings. The maximum absolute atomic E-state index is 12.8. The number of halogens is 3. The molecule has 0 spiro atoms. The molecule has 2 heterocycles. The minimum absolute atomic E-state index is 0.497. The van der Waals surface area contributed by atoms with Gasteiger partial charge in [0.2, 0.25) is 0 Å². The van der Waals surface area contributed by atoms with Crippen molar-refractivity contribution in [2.24, 2.45) is 4.99 Å². The van der Waals surface area contributed by atoms with Crippen LogP contribution >= 0.6 is 0 Å². The van der Waals surface area contributed by atoms with Gasteiger partial charge in [0.1, 0.15) is 0 Å². The average molecular weight is 326 g/mol. The van der Waals surface area contributed by atoms with Crippen molar-refractivity contribution in [1.82, 2.24) is 4.57 Å². The van der Waals surface area contributed by atoms with Crippen LogP contribution in [0.25, 0.3) is 17.0 Å². The number of hydrogen-bond acceptors (Lipinski definition) is 1. The van der Waals surface area contributed by atoms with Gasteiger partial charge in [-0.05, 0) is 35.9 Å². The third-order valence-corrected chi connectivity index (χ3v) is 4.07. The van der Waals surface area contributed by atoms with Crippen molar-refractivity contribution in [1.29, 1.82) is 0 Å². The van der Waals surface area contributed by atoms with Crippen LogP contribution in [-0.2, 0) is 12.7 Å². The average Bonchev–Trinajstić information content (AvgIpc) is 2.92. The summed E-state index contributed by atoms with van der Waals surface area (Å²) in [4.78, 5) is 4.39. The van der Waals surface area contributed by atoms with Gasteiger partial charge in [-0.15, -0.1) is 0 Å². The van der Waals surface area contributed by atoms with E-state index in [0.29, 0.717) is 12.1 Å². The molecular weight excluding hydrogens is 313 g/mol. The Labute approximate surface area is 136 Å². The zero-order valence-electron chi connectivity index (χ0n) is 12.6. The van der Waals surface area contributed by atoms with Crippen LogP contribution < -0.4 is 0 Å². The summed E-state index contributed by atoms with van der Waals surface area (Å²) in [5.41, 5.74) is 2.66. The molecule has 5 heteroatoms. The van der Waals surface area contributed by atoms with Crippen molar-refractivity contribution in [3.8, 4) is 0 Å². The van der Waals surface area contributed by atoms with Gasteiger partial charge in [0.05, 0.1) is 29.7 Å². The number of rotatable bonds is 1. The van der Waals surface area contributed by atoms with Crippen molar-refractivity contribution >= 4 is 23.2 Å². The van der Waals surface area contributed by atoms with Gasteiger partial charge in [-0.1, -0.05) is 30.3 Å². The largest absolute Gasteiger partial charge is 0.416 e. The maximum Gasteiger partial charge on any atom is 0.416 e. The SMILES string of the molecule is FC(F)(F)c1cccc(/C=C2/Cn3c(cc4ccccc43)C=N2)c1. The number of hydrogen-bond donors (Lipinski definition) is 0. The molecule has 4 rings (SSSR count). The van der Waals surface area contributed by atoms with Crippen molar-refractivity contribution in [3.05, 3.63) is 77.1 Å². The lowest BCUT2D eigenvalue weighted by molar-refractivity contribution is -0.137. The molecule has 1 aromatic heterocycles. The predicted molar refractivity (Wildman–Crippen MR) is 89.0 cm³/mol. The summed E-state index contributed by atoms with van der Waals surface area (Å²) < 4.78 is 40.6. The van der Waals surface area contributed by atoms with Gasteiger partial charge >= 0.3 is 6.18 Å². The Morgan fingerprint density at radius 2 is 1.83 bits per heavy atom. The second-order valence-electron chi connectivity index (χ2n) is 5.73. The van der Waals surface area contributed by atoms with Crippen LogP contribution in [0.5, 0.6) is 0 Å². The second kappa shape index (κ2) is 5.37. The van der Waals surface area contributed by atoms with E-state index in [4.69, 9.17) is 0 Å². The highest BCUT2D eigenvalue weighted by Crippen LogP contribution is 2.30. The van der Waals surface area contributed by atoms with Crippen molar-refractivity contribution in [3.63, 3.8) is 0 Å². The molecular formula is C19H13F3N2. The maximum atomic E-state index is 12.8. The number of para-hydroxylation sites is 1. The third kappa shape index (κ3) is 2.62. The van der Waals surface area contributed by atoms with Crippen LogP contribution in [0.4, 0.5) is 13.2 Å². The van der Waals surface area contributed by atoms with Crippen molar-refractivity contribution < 1.29 is 13.2 Å². The van der Waals surface area contributed by atoms with E-state index in [2.05, 4.69) is 15.6 Å². The van der Waals surface area contributed by atoms with Crippen molar-refractivity contribution in [2.45, 2.75) is 12.7 Å². The van der Waals surface area contributed by atoms with Gasteiger partial charge in [0.25, 0.3) is 0 Å². The Hall–Kier alpha value is -2.82. The summed E-state index contributed by atoms with van der Waals surface area (Å²) in [6.07, 6.45) is -0.888. The van der Waals surface area contributed by atoms with Gasteiger partial charge in [-0.3, -0.25) is 4.99 Å². The summed E-state index contributed by atoms with van der Waals surface area (Å²) in [5.74, 6) is 0. The Morgan fingerprint density at radius 3 is 2.67 bits per heavy atom. The number of alkyl halides is 3. The Bertz CT molecular complexity index is 978. The Morgan fingerprint density at radius 1 is 1.00 bits per heavy atom. The summed E-state index contributed by atoms with van der Waals surface area (Å²) in [5, 5.41) is 1.12. The van der Waals surface area contributed by atoms with Gasteiger partial charge in [0, 0.05) is 10.9 Å². The molecule has 2 nitrogen and oxygen atoms in total. The van der Waals surface area contributed by atoms with E-state index in [-0.39, 0.29) is 0 Å². The molecule has 0 amide bonds. The van der Waals surface area contributed by atoms with Gasteiger partial charge in [0.15, 0.2) is 0 Å². The molecule has 0 aliphatic carbocycles. The zero-order valence-corrected chi connectivity index (χ0v) is 12.6. The molecule has 1 aliphatic rings. The highest BCUT2D eigenvalue weighted by molar-refractivity contribution is 5.92. The molecule has 1 aliphatic heterocycles. The fourth-order valence-corrected chi connectivity index (χ4v) is 2.95. The fraction of sp³-hybridized carbons (Fsp3) is 0.105. The molecule has 0 fully saturated rings. The molecule has 24 heavy (non-hydrogen) atoms. The quantitative estimate of drug-likeness (QED) is 0.589. The molecule has 0 unspecified atom stereocenters.